The zero-order valence-corrected chi connectivity index (χ0v) is 37.4. The Bertz CT molecular complexity index is 3550. The molecule has 0 amide bonds. The SMILES string of the molecule is CC1(c2ccccc2)c2ccccc2-c2c(-c3ccc(N(c4ccc(-c5ccc(-c6ccc7ccccc7c6)cc5)cc4)c4cccc(-c5cccc(-c6ccccc6)c5)c4)cc3)cccc21. The van der Waals surface area contributed by atoms with Gasteiger partial charge in [0.1, 0.15) is 0 Å². The molecule has 11 aromatic carbocycles. The average molecular weight is 854 g/mol. The molecular formula is C66H47N. The molecule has 0 aromatic heterocycles. The summed E-state index contributed by atoms with van der Waals surface area (Å²) < 4.78 is 0. The first-order valence-corrected chi connectivity index (χ1v) is 23.2. The van der Waals surface area contributed by atoms with E-state index in [2.05, 4.69) is 279 Å². The number of hydrogen-bond donors (Lipinski definition) is 0. The summed E-state index contributed by atoms with van der Waals surface area (Å²) in [6, 6.07) is 97.6. The van der Waals surface area contributed by atoms with Gasteiger partial charge in [0.2, 0.25) is 0 Å². The van der Waals surface area contributed by atoms with E-state index in [1.165, 1.54) is 94.2 Å². The van der Waals surface area contributed by atoms with Crippen molar-refractivity contribution in [3.8, 4) is 66.8 Å². The summed E-state index contributed by atoms with van der Waals surface area (Å²) in [5.41, 5.74) is 21.7. The van der Waals surface area contributed by atoms with Crippen LogP contribution in [0, 0.1) is 0 Å². The third kappa shape index (κ3) is 7.23. The Morgan fingerprint density at radius 1 is 0.269 bits per heavy atom. The predicted octanol–water partition coefficient (Wildman–Crippen LogP) is 18.0. The van der Waals surface area contributed by atoms with Crippen molar-refractivity contribution in [2.24, 2.45) is 0 Å². The van der Waals surface area contributed by atoms with Crippen molar-refractivity contribution in [2.75, 3.05) is 4.90 Å². The zero-order valence-electron chi connectivity index (χ0n) is 37.4. The van der Waals surface area contributed by atoms with Crippen molar-refractivity contribution in [3.05, 3.63) is 284 Å². The van der Waals surface area contributed by atoms with Crippen molar-refractivity contribution in [2.45, 2.75) is 12.3 Å². The highest BCUT2D eigenvalue weighted by Gasteiger charge is 2.41. The van der Waals surface area contributed by atoms with Crippen LogP contribution in [0.3, 0.4) is 0 Å². The van der Waals surface area contributed by atoms with E-state index in [1.807, 2.05) is 0 Å². The van der Waals surface area contributed by atoms with Crippen LogP contribution in [0.5, 0.6) is 0 Å². The average Bonchev–Trinajstić information content (AvgIpc) is 3.68. The lowest BCUT2D eigenvalue weighted by atomic mass is 9.74. The molecule has 1 heteroatoms. The molecule has 11 aromatic rings. The van der Waals surface area contributed by atoms with E-state index in [0.29, 0.717) is 0 Å². The van der Waals surface area contributed by atoms with Crippen LogP contribution in [0.1, 0.15) is 23.6 Å². The Labute approximate surface area is 393 Å². The van der Waals surface area contributed by atoms with Crippen LogP contribution < -0.4 is 4.90 Å². The van der Waals surface area contributed by atoms with Crippen LogP contribution in [0.4, 0.5) is 17.1 Å². The smallest absolute Gasteiger partial charge is 0.0467 e. The first-order chi connectivity index (χ1) is 33.1. The molecule has 1 unspecified atom stereocenters. The van der Waals surface area contributed by atoms with Gasteiger partial charge in [0.25, 0.3) is 0 Å². The third-order valence-corrected chi connectivity index (χ3v) is 14.0. The van der Waals surface area contributed by atoms with Gasteiger partial charge in [-0.2, -0.15) is 0 Å². The van der Waals surface area contributed by atoms with E-state index in [4.69, 9.17) is 0 Å². The molecule has 1 atom stereocenters. The van der Waals surface area contributed by atoms with Crippen LogP contribution >= 0.6 is 0 Å². The van der Waals surface area contributed by atoms with Crippen LogP contribution in [0.2, 0.25) is 0 Å². The maximum atomic E-state index is 2.39. The molecule has 0 saturated carbocycles. The van der Waals surface area contributed by atoms with Crippen molar-refractivity contribution in [1.29, 1.82) is 0 Å². The Balaban J connectivity index is 0.920. The maximum absolute atomic E-state index is 2.39. The number of anilines is 3. The van der Waals surface area contributed by atoms with Gasteiger partial charge in [-0.05, 0) is 150 Å². The summed E-state index contributed by atoms with van der Waals surface area (Å²) >= 11 is 0. The second-order valence-electron chi connectivity index (χ2n) is 17.8. The summed E-state index contributed by atoms with van der Waals surface area (Å²) in [6.45, 7) is 2.39. The minimum atomic E-state index is -0.253. The molecule has 0 fully saturated rings. The van der Waals surface area contributed by atoms with E-state index in [1.54, 1.807) is 0 Å². The molecule has 1 aliphatic carbocycles. The monoisotopic (exact) mass is 853 g/mol. The third-order valence-electron chi connectivity index (χ3n) is 14.0. The Morgan fingerprint density at radius 2 is 0.716 bits per heavy atom. The molecule has 67 heavy (non-hydrogen) atoms. The van der Waals surface area contributed by atoms with E-state index < -0.39 is 0 Å². The summed E-state index contributed by atoms with van der Waals surface area (Å²) in [4.78, 5) is 2.39. The standard InChI is InChI=1S/C66H47N/c1-66(57-22-6-3-7-23-57)63-27-11-10-25-62(63)65-61(26-14-28-64(65)66)51-37-41-59(42-38-51)67(60-24-13-21-55(45-60)54-20-12-19-53(43-54)46-15-4-2-5-16-46)58-39-35-49(36-40-58)48-29-31-50(32-30-48)56-34-33-47-17-8-9-18-52(47)44-56/h2-45H,1H3. The predicted molar refractivity (Wildman–Crippen MR) is 283 cm³/mol. The lowest BCUT2D eigenvalue weighted by Crippen LogP contribution is -2.22. The van der Waals surface area contributed by atoms with Gasteiger partial charge in [0.15, 0.2) is 0 Å². The molecule has 1 nitrogen and oxygen atoms in total. The maximum Gasteiger partial charge on any atom is 0.0467 e. The van der Waals surface area contributed by atoms with Gasteiger partial charge in [0.05, 0.1) is 0 Å². The topological polar surface area (TPSA) is 3.24 Å². The summed E-state index contributed by atoms with van der Waals surface area (Å²) in [7, 11) is 0. The molecule has 0 spiro atoms. The van der Waals surface area contributed by atoms with Crippen LogP contribution in [-0.2, 0) is 5.41 Å². The molecule has 12 rings (SSSR count). The van der Waals surface area contributed by atoms with Crippen molar-refractivity contribution in [3.63, 3.8) is 0 Å². The van der Waals surface area contributed by atoms with Crippen molar-refractivity contribution >= 4 is 27.8 Å². The molecule has 0 N–H and O–H groups in total. The zero-order chi connectivity index (χ0) is 44.7. The van der Waals surface area contributed by atoms with Gasteiger partial charge in [-0.3, -0.25) is 0 Å². The van der Waals surface area contributed by atoms with E-state index in [-0.39, 0.29) is 5.41 Å². The van der Waals surface area contributed by atoms with Crippen LogP contribution in [0.15, 0.2) is 267 Å². The largest absolute Gasteiger partial charge is 0.310 e. The number of hydrogen-bond acceptors (Lipinski definition) is 1. The molecular weight excluding hydrogens is 807 g/mol. The van der Waals surface area contributed by atoms with E-state index >= 15 is 0 Å². The Hall–Kier alpha value is -8.52. The molecule has 0 radical (unpaired) electrons. The highest BCUT2D eigenvalue weighted by Crippen LogP contribution is 2.55. The molecule has 0 aliphatic heterocycles. The molecule has 1 aliphatic rings. The molecule has 0 saturated heterocycles. The van der Waals surface area contributed by atoms with Crippen LogP contribution in [-0.4, -0.2) is 0 Å². The van der Waals surface area contributed by atoms with Gasteiger partial charge in [-0.25, -0.2) is 0 Å². The molecule has 316 valence electrons. The first kappa shape index (κ1) is 40.0. The molecule has 0 bridgehead atoms. The minimum Gasteiger partial charge on any atom is -0.310 e. The van der Waals surface area contributed by atoms with Crippen molar-refractivity contribution < 1.29 is 0 Å². The highest BCUT2D eigenvalue weighted by atomic mass is 15.1. The number of nitrogens with zero attached hydrogens (tertiary/aromatic N) is 1. The fraction of sp³-hybridized carbons (Fsp3) is 0.0303. The minimum absolute atomic E-state index is 0.253. The number of benzene rings is 11. The van der Waals surface area contributed by atoms with Gasteiger partial charge in [-0.1, -0.05) is 218 Å². The van der Waals surface area contributed by atoms with Gasteiger partial charge < -0.3 is 4.90 Å². The van der Waals surface area contributed by atoms with E-state index in [0.717, 1.165) is 17.1 Å². The first-order valence-electron chi connectivity index (χ1n) is 23.2. The lowest BCUT2D eigenvalue weighted by Gasteiger charge is -2.28. The van der Waals surface area contributed by atoms with Gasteiger partial charge >= 0.3 is 0 Å². The Morgan fingerprint density at radius 3 is 1.43 bits per heavy atom. The fourth-order valence-corrected chi connectivity index (χ4v) is 10.5. The normalized spacial score (nSPS) is 13.8. The fourth-order valence-electron chi connectivity index (χ4n) is 10.5. The summed E-state index contributed by atoms with van der Waals surface area (Å²) in [5, 5.41) is 2.51. The summed E-state index contributed by atoms with van der Waals surface area (Å²) in [5.74, 6) is 0. The number of rotatable bonds is 9. The second-order valence-corrected chi connectivity index (χ2v) is 17.8. The van der Waals surface area contributed by atoms with Crippen LogP contribution in [0.25, 0.3) is 77.5 Å². The number of fused-ring (bicyclic) bond motifs is 4. The molecule has 0 heterocycles. The summed E-state index contributed by atoms with van der Waals surface area (Å²) in [6.07, 6.45) is 0. The van der Waals surface area contributed by atoms with Gasteiger partial charge in [-0.15, -0.1) is 0 Å². The highest BCUT2D eigenvalue weighted by molar-refractivity contribution is 5.95. The van der Waals surface area contributed by atoms with Gasteiger partial charge in [0, 0.05) is 22.5 Å². The second kappa shape index (κ2) is 16.8. The lowest BCUT2D eigenvalue weighted by molar-refractivity contribution is 0.714. The Kier molecular flexibility index (Phi) is 10.0. The quantitative estimate of drug-likeness (QED) is 0.140. The van der Waals surface area contributed by atoms with E-state index in [9.17, 15) is 0 Å². The van der Waals surface area contributed by atoms with Crippen molar-refractivity contribution in [1.82, 2.24) is 0 Å².